The number of hydrogen-bond acceptors (Lipinski definition) is 3. The van der Waals surface area contributed by atoms with E-state index in [1.165, 1.54) is 0 Å². The second kappa shape index (κ2) is 4.10. The van der Waals surface area contributed by atoms with Crippen molar-refractivity contribution in [3.05, 3.63) is 42.8 Å². The number of furan rings is 1. The van der Waals surface area contributed by atoms with E-state index in [2.05, 4.69) is 9.95 Å². The van der Waals surface area contributed by atoms with Gasteiger partial charge in [-0.3, -0.25) is 0 Å². The molecule has 5 heteroatoms. The molecule has 82 valence electrons. The molecule has 0 spiro atoms. The fourth-order valence-corrected chi connectivity index (χ4v) is 2.91. The SMILES string of the molecule is N#C[Se]c1c(-c2ccco2)nc2ccccn12. The molecule has 0 unspecified atom stereocenters. The Morgan fingerprint density at radius 3 is 3.00 bits per heavy atom. The molecule has 0 amide bonds. The summed E-state index contributed by atoms with van der Waals surface area (Å²) in [7, 11) is 0. The molecule has 3 heterocycles. The topological polar surface area (TPSA) is 54.2 Å². The third-order valence-corrected chi connectivity index (χ3v) is 3.80. The average molecular weight is 288 g/mol. The van der Waals surface area contributed by atoms with Crippen molar-refractivity contribution in [3.63, 3.8) is 0 Å². The Morgan fingerprint density at radius 1 is 1.29 bits per heavy atom. The van der Waals surface area contributed by atoms with Crippen molar-refractivity contribution < 1.29 is 4.42 Å². The van der Waals surface area contributed by atoms with Crippen LogP contribution in [-0.4, -0.2) is 24.3 Å². The minimum absolute atomic E-state index is 0.275. The van der Waals surface area contributed by atoms with Crippen LogP contribution in [0.3, 0.4) is 0 Å². The third kappa shape index (κ3) is 1.64. The molecule has 0 aromatic carbocycles. The summed E-state index contributed by atoms with van der Waals surface area (Å²) in [5.74, 6) is 0.709. The Morgan fingerprint density at radius 2 is 2.24 bits per heavy atom. The van der Waals surface area contributed by atoms with Gasteiger partial charge in [0.1, 0.15) is 0 Å². The predicted molar refractivity (Wildman–Crippen MR) is 63.9 cm³/mol. The summed E-state index contributed by atoms with van der Waals surface area (Å²) >= 11 is -0.275. The van der Waals surface area contributed by atoms with Gasteiger partial charge >= 0.3 is 103 Å². The van der Waals surface area contributed by atoms with E-state index < -0.39 is 0 Å². The fourth-order valence-electron chi connectivity index (χ4n) is 1.69. The first-order valence-corrected chi connectivity index (χ1v) is 6.68. The van der Waals surface area contributed by atoms with Crippen molar-refractivity contribution in [2.24, 2.45) is 0 Å². The van der Waals surface area contributed by atoms with Gasteiger partial charge in [-0.25, -0.2) is 0 Å². The molecular formula is C12H7N3OSe. The summed E-state index contributed by atoms with van der Waals surface area (Å²) < 4.78 is 8.23. The number of fused-ring (bicyclic) bond motifs is 1. The molecular weight excluding hydrogens is 281 g/mol. The molecule has 0 bridgehead atoms. The van der Waals surface area contributed by atoms with E-state index in [1.54, 1.807) is 6.26 Å². The Labute approximate surface area is 104 Å². The Hall–Kier alpha value is -2.02. The molecule has 0 saturated carbocycles. The van der Waals surface area contributed by atoms with Gasteiger partial charge in [0.25, 0.3) is 0 Å². The van der Waals surface area contributed by atoms with Gasteiger partial charge in [-0.2, -0.15) is 0 Å². The fraction of sp³-hybridized carbons (Fsp3) is 0. The molecule has 0 N–H and O–H groups in total. The van der Waals surface area contributed by atoms with E-state index >= 15 is 0 Å². The number of pyridine rings is 1. The molecule has 0 aliphatic carbocycles. The zero-order chi connectivity index (χ0) is 11.7. The van der Waals surface area contributed by atoms with Gasteiger partial charge in [0.15, 0.2) is 0 Å². The summed E-state index contributed by atoms with van der Waals surface area (Å²) in [6.45, 7) is 0. The number of nitriles is 1. The quantitative estimate of drug-likeness (QED) is 0.670. The van der Waals surface area contributed by atoms with Crippen molar-refractivity contribution in [1.82, 2.24) is 9.38 Å². The second-order valence-corrected chi connectivity index (χ2v) is 4.99. The number of aromatic nitrogens is 2. The standard InChI is InChI=1S/C12H7N3OSe/c13-8-17-12-11(9-4-3-7-16-9)14-10-5-1-2-6-15(10)12/h1-7H. The summed E-state index contributed by atoms with van der Waals surface area (Å²) in [6.07, 6.45) is 3.53. The molecule has 0 fully saturated rings. The van der Waals surface area contributed by atoms with Crippen molar-refractivity contribution in [2.45, 2.75) is 0 Å². The van der Waals surface area contributed by atoms with Crippen LogP contribution in [0.25, 0.3) is 17.1 Å². The van der Waals surface area contributed by atoms with Gasteiger partial charge in [0.2, 0.25) is 0 Å². The molecule has 4 nitrogen and oxygen atoms in total. The van der Waals surface area contributed by atoms with Crippen LogP contribution in [0.15, 0.2) is 47.2 Å². The summed E-state index contributed by atoms with van der Waals surface area (Å²) in [6, 6.07) is 9.46. The van der Waals surface area contributed by atoms with Crippen molar-refractivity contribution >= 4 is 25.2 Å². The molecule has 3 rings (SSSR count). The molecule has 17 heavy (non-hydrogen) atoms. The van der Waals surface area contributed by atoms with Gasteiger partial charge in [-0.05, 0) is 0 Å². The van der Waals surface area contributed by atoms with Gasteiger partial charge in [0, 0.05) is 0 Å². The zero-order valence-electron chi connectivity index (χ0n) is 8.70. The van der Waals surface area contributed by atoms with E-state index in [9.17, 15) is 0 Å². The van der Waals surface area contributed by atoms with Crippen LogP contribution in [0.2, 0.25) is 0 Å². The van der Waals surface area contributed by atoms with Crippen LogP contribution in [0.1, 0.15) is 0 Å². The molecule has 3 aromatic heterocycles. The van der Waals surface area contributed by atoms with Gasteiger partial charge in [-0.1, -0.05) is 0 Å². The van der Waals surface area contributed by atoms with Gasteiger partial charge in [-0.15, -0.1) is 0 Å². The first-order chi connectivity index (χ1) is 8.40. The number of nitrogens with zero attached hydrogens (tertiary/aromatic N) is 3. The van der Waals surface area contributed by atoms with E-state index in [4.69, 9.17) is 9.68 Å². The monoisotopic (exact) mass is 289 g/mol. The van der Waals surface area contributed by atoms with Crippen LogP contribution in [0, 0.1) is 10.2 Å². The molecule has 0 aliphatic heterocycles. The third-order valence-electron chi connectivity index (χ3n) is 2.38. The van der Waals surface area contributed by atoms with E-state index in [1.807, 2.05) is 40.9 Å². The number of rotatable bonds is 2. The van der Waals surface area contributed by atoms with E-state index in [0.717, 1.165) is 15.9 Å². The maximum absolute atomic E-state index is 8.93. The molecule has 3 aromatic rings. The molecule has 0 atom stereocenters. The zero-order valence-corrected chi connectivity index (χ0v) is 10.4. The van der Waals surface area contributed by atoms with Crippen molar-refractivity contribution in [3.8, 4) is 16.4 Å². The normalized spacial score (nSPS) is 10.5. The Bertz CT molecular complexity index is 694. The van der Waals surface area contributed by atoms with Crippen molar-refractivity contribution in [2.75, 3.05) is 0 Å². The maximum atomic E-state index is 8.93. The molecule has 0 saturated heterocycles. The van der Waals surface area contributed by atoms with E-state index in [0.29, 0.717) is 5.76 Å². The van der Waals surface area contributed by atoms with Crippen LogP contribution in [0.4, 0.5) is 0 Å². The predicted octanol–water partition coefficient (Wildman–Crippen LogP) is 1.40. The van der Waals surface area contributed by atoms with Crippen LogP contribution in [-0.2, 0) is 0 Å². The summed E-state index contributed by atoms with van der Waals surface area (Å²) in [5, 5.41) is 8.93. The number of hydrogen-bond donors (Lipinski definition) is 0. The van der Waals surface area contributed by atoms with E-state index in [-0.39, 0.29) is 15.0 Å². The van der Waals surface area contributed by atoms with Crippen LogP contribution in [0.5, 0.6) is 0 Å². The Balaban J connectivity index is 2.31. The molecule has 0 aliphatic rings. The van der Waals surface area contributed by atoms with Crippen LogP contribution >= 0.6 is 0 Å². The summed E-state index contributed by atoms with van der Waals surface area (Å²) in [4.78, 5) is 6.73. The van der Waals surface area contributed by atoms with Gasteiger partial charge in [0.05, 0.1) is 0 Å². The number of imidazole rings is 1. The second-order valence-electron chi connectivity index (χ2n) is 3.37. The first kappa shape index (κ1) is 10.2. The van der Waals surface area contributed by atoms with Crippen molar-refractivity contribution in [1.29, 1.82) is 5.26 Å². The first-order valence-electron chi connectivity index (χ1n) is 4.97. The average Bonchev–Trinajstić information content (AvgIpc) is 2.97. The van der Waals surface area contributed by atoms with Gasteiger partial charge < -0.3 is 0 Å². The Kier molecular flexibility index (Phi) is 2.45. The summed E-state index contributed by atoms with van der Waals surface area (Å²) in [5.41, 5.74) is 1.61. The van der Waals surface area contributed by atoms with Crippen LogP contribution < -0.4 is 4.59 Å². The molecule has 0 radical (unpaired) electrons. The minimum atomic E-state index is -0.275.